The van der Waals surface area contributed by atoms with Gasteiger partial charge in [0.15, 0.2) is 9.84 Å². The number of aromatic nitrogens is 1. The van der Waals surface area contributed by atoms with Crippen molar-refractivity contribution in [2.75, 3.05) is 17.6 Å². The Labute approximate surface area is 149 Å². The van der Waals surface area contributed by atoms with Crippen molar-refractivity contribution in [1.29, 1.82) is 0 Å². The van der Waals surface area contributed by atoms with Gasteiger partial charge in [-0.05, 0) is 18.1 Å². The molecule has 0 spiro atoms. The van der Waals surface area contributed by atoms with Gasteiger partial charge in [-0.15, -0.1) is 0 Å². The lowest BCUT2D eigenvalue weighted by atomic mass is 10.2. The van der Waals surface area contributed by atoms with E-state index in [1.807, 2.05) is 0 Å². The quantitative estimate of drug-likeness (QED) is 0.718. The Morgan fingerprint density at radius 3 is 2.44 bits per heavy atom. The number of nitrogens with zero attached hydrogens (tertiary/aromatic N) is 1. The number of sulfone groups is 1. The van der Waals surface area contributed by atoms with Gasteiger partial charge in [0.05, 0.1) is 22.1 Å². The summed E-state index contributed by atoms with van der Waals surface area (Å²) in [6.07, 6.45) is -3.55. The first-order valence-corrected chi connectivity index (χ1v) is 9.58. The number of rotatable bonds is 7. The minimum atomic E-state index is -4.51. The summed E-state index contributed by atoms with van der Waals surface area (Å²) in [7, 11) is -3.27. The van der Waals surface area contributed by atoms with Gasteiger partial charge in [-0.1, -0.05) is 41.9 Å². The van der Waals surface area contributed by atoms with Crippen molar-refractivity contribution in [2.45, 2.75) is 18.3 Å². The molecule has 0 atom stereocenters. The van der Waals surface area contributed by atoms with E-state index in [-0.39, 0.29) is 35.3 Å². The van der Waals surface area contributed by atoms with Crippen LogP contribution in [0.1, 0.15) is 17.5 Å². The Kier molecular flexibility index (Phi) is 6.29. The molecule has 136 valence electrons. The summed E-state index contributed by atoms with van der Waals surface area (Å²) in [4.78, 5) is 3.63. The molecule has 0 amide bonds. The van der Waals surface area contributed by atoms with Gasteiger partial charge >= 0.3 is 6.18 Å². The fourth-order valence-electron chi connectivity index (χ4n) is 2.12. The van der Waals surface area contributed by atoms with Gasteiger partial charge in [-0.3, -0.25) is 0 Å². The van der Waals surface area contributed by atoms with Crippen LogP contribution in [0, 0.1) is 0 Å². The Hall–Kier alpha value is -1.80. The maximum atomic E-state index is 12.5. The topological polar surface area (TPSA) is 59.1 Å². The van der Waals surface area contributed by atoms with Crippen molar-refractivity contribution in [3.63, 3.8) is 0 Å². The van der Waals surface area contributed by atoms with Crippen LogP contribution in [0.15, 0.2) is 42.6 Å². The van der Waals surface area contributed by atoms with E-state index in [1.165, 1.54) is 0 Å². The number of nitrogens with one attached hydrogen (secondary N) is 1. The largest absolute Gasteiger partial charge is 0.417 e. The number of hydrogen-bond acceptors (Lipinski definition) is 4. The average Bonchev–Trinajstić information content (AvgIpc) is 2.52. The van der Waals surface area contributed by atoms with Gasteiger partial charge in [-0.2, -0.15) is 13.2 Å². The van der Waals surface area contributed by atoms with E-state index in [9.17, 15) is 21.6 Å². The number of alkyl halides is 3. The molecular formula is C16H16ClF3N2O2S. The fraction of sp³-hybridized carbons (Fsp3) is 0.312. The zero-order valence-electron chi connectivity index (χ0n) is 13.1. The second-order valence-corrected chi connectivity index (χ2v) is 8.00. The summed E-state index contributed by atoms with van der Waals surface area (Å²) in [6.45, 7) is 0.228. The predicted octanol–water partition coefficient (Wildman–Crippen LogP) is 4.17. The third kappa shape index (κ3) is 6.21. The van der Waals surface area contributed by atoms with Crippen LogP contribution in [-0.2, 0) is 21.8 Å². The molecule has 0 aliphatic rings. The summed E-state index contributed by atoms with van der Waals surface area (Å²) in [6, 6.07) is 9.60. The molecule has 0 fully saturated rings. The van der Waals surface area contributed by atoms with Crippen molar-refractivity contribution >= 4 is 27.3 Å². The minimum Gasteiger partial charge on any atom is -0.369 e. The fourth-order valence-corrected chi connectivity index (χ4v) is 3.78. The summed E-state index contributed by atoms with van der Waals surface area (Å²) >= 11 is 5.77. The molecule has 0 radical (unpaired) electrons. The first-order chi connectivity index (χ1) is 11.7. The highest BCUT2D eigenvalue weighted by Gasteiger charge is 2.31. The van der Waals surface area contributed by atoms with Crippen molar-refractivity contribution in [3.05, 3.63) is 58.7 Å². The molecule has 4 nitrogen and oxygen atoms in total. The van der Waals surface area contributed by atoms with E-state index in [1.54, 1.807) is 30.3 Å². The minimum absolute atomic E-state index is 0.0485. The number of hydrogen-bond donors (Lipinski definition) is 1. The van der Waals surface area contributed by atoms with Crippen LogP contribution >= 0.6 is 11.6 Å². The van der Waals surface area contributed by atoms with Gasteiger partial charge < -0.3 is 5.32 Å². The highest BCUT2D eigenvalue weighted by Crippen LogP contribution is 2.32. The first-order valence-electron chi connectivity index (χ1n) is 7.38. The Morgan fingerprint density at radius 1 is 1.16 bits per heavy atom. The molecule has 2 aromatic rings. The molecular weight excluding hydrogens is 377 g/mol. The molecule has 25 heavy (non-hydrogen) atoms. The summed E-state index contributed by atoms with van der Waals surface area (Å²) in [5.41, 5.74) is -0.226. The van der Waals surface area contributed by atoms with Gasteiger partial charge in [0, 0.05) is 12.7 Å². The van der Waals surface area contributed by atoms with E-state index < -0.39 is 21.6 Å². The van der Waals surface area contributed by atoms with E-state index in [0.717, 1.165) is 6.07 Å². The first kappa shape index (κ1) is 19.5. The number of benzene rings is 1. The maximum absolute atomic E-state index is 12.5. The van der Waals surface area contributed by atoms with Crippen molar-refractivity contribution in [1.82, 2.24) is 4.98 Å². The van der Waals surface area contributed by atoms with Crippen LogP contribution in [0.5, 0.6) is 0 Å². The molecule has 0 aliphatic carbocycles. The summed E-state index contributed by atoms with van der Waals surface area (Å²) in [5.74, 6) is -0.00424. The van der Waals surface area contributed by atoms with E-state index >= 15 is 0 Å². The van der Waals surface area contributed by atoms with Crippen LogP contribution in [0.2, 0.25) is 5.02 Å². The van der Waals surface area contributed by atoms with E-state index in [4.69, 9.17) is 11.6 Å². The lowest BCUT2D eigenvalue weighted by Gasteiger charge is -2.11. The number of anilines is 1. The average molecular weight is 393 g/mol. The molecule has 9 heteroatoms. The van der Waals surface area contributed by atoms with Crippen LogP contribution in [0.3, 0.4) is 0 Å². The predicted molar refractivity (Wildman–Crippen MR) is 91.3 cm³/mol. The molecule has 1 heterocycles. The summed E-state index contributed by atoms with van der Waals surface area (Å²) in [5, 5.41) is 2.59. The standard InChI is InChI=1S/C16H16ClF3N2O2S/c17-14-9-13(16(18,19)20)10-22-15(14)21-7-4-8-25(23,24)11-12-5-2-1-3-6-12/h1-3,5-6,9-10H,4,7-8,11H2,(H,21,22). The van der Waals surface area contributed by atoms with Crippen LogP contribution in [-0.4, -0.2) is 25.7 Å². The zero-order valence-corrected chi connectivity index (χ0v) is 14.6. The monoisotopic (exact) mass is 392 g/mol. The molecule has 0 unspecified atom stereocenters. The maximum Gasteiger partial charge on any atom is 0.417 e. The Bertz CT molecular complexity index is 812. The third-order valence-electron chi connectivity index (χ3n) is 3.32. The highest BCUT2D eigenvalue weighted by molar-refractivity contribution is 7.90. The van der Waals surface area contributed by atoms with Crippen LogP contribution in [0.4, 0.5) is 19.0 Å². The second-order valence-electron chi connectivity index (χ2n) is 5.41. The molecule has 1 N–H and O–H groups in total. The van der Waals surface area contributed by atoms with Crippen LogP contribution in [0.25, 0.3) is 0 Å². The molecule has 1 aromatic carbocycles. The number of pyridine rings is 1. The van der Waals surface area contributed by atoms with Crippen LogP contribution < -0.4 is 5.32 Å². The molecule has 0 saturated carbocycles. The van der Waals surface area contributed by atoms with Gasteiger partial charge in [0.2, 0.25) is 0 Å². The molecule has 0 saturated heterocycles. The van der Waals surface area contributed by atoms with E-state index in [0.29, 0.717) is 11.8 Å². The normalized spacial score (nSPS) is 12.2. The zero-order chi connectivity index (χ0) is 18.5. The highest BCUT2D eigenvalue weighted by atomic mass is 35.5. The Balaban J connectivity index is 1.85. The number of halogens is 4. The summed E-state index contributed by atoms with van der Waals surface area (Å²) < 4.78 is 61.7. The van der Waals surface area contributed by atoms with E-state index in [2.05, 4.69) is 10.3 Å². The SMILES string of the molecule is O=S(=O)(CCCNc1ncc(C(F)(F)F)cc1Cl)Cc1ccccc1. The van der Waals surface area contributed by atoms with Gasteiger partial charge in [0.25, 0.3) is 0 Å². The molecule has 2 rings (SSSR count). The third-order valence-corrected chi connectivity index (χ3v) is 5.29. The van der Waals surface area contributed by atoms with Crippen molar-refractivity contribution < 1.29 is 21.6 Å². The Morgan fingerprint density at radius 2 is 1.84 bits per heavy atom. The van der Waals surface area contributed by atoms with Gasteiger partial charge in [0.1, 0.15) is 5.82 Å². The lowest BCUT2D eigenvalue weighted by molar-refractivity contribution is -0.137. The second kappa shape index (κ2) is 8.05. The lowest BCUT2D eigenvalue weighted by Crippen LogP contribution is -2.14. The van der Waals surface area contributed by atoms with Gasteiger partial charge in [-0.25, -0.2) is 13.4 Å². The van der Waals surface area contributed by atoms with Crippen molar-refractivity contribution in [3.8, 4) is 0 Å². The molecule has 0 aliphatic heterocycles. The van der Waals surface area contributed by atoms with Crippen molar-refractivity contribution in [2.24, 2.45) is 0 Å². The molecule has 0 bridgehead atoms. The smallest absolute Gasteiger partial charge is 0.369 e. The molecule has 1 aromatic heterocycles.